The van der Waals surface area contributed by atoms with E-state index in [1.54, 1.807) is 32.9 Å². The van der Waals surface area contributed by atoms with Crippen molar-refractivity contribution in [2.75, 3.05) is 55.6 Å². The van der Waals surface area contributed by atoms with Crippen molar-refractivity contribution < 1.29 is 61.6 Å². The monoisotopic (exact) mass is 912 g/mol. The van der Waals surface area contributed by atoms with Crippen molar-refractivity contribution in [3.63, 3.8) is 0 Å². The molecule has 0 saturated carbocycles. The fourth-order valence-electron chi connectivity index (χ4n) is 5.24. The van der Waals surface area contributed by atoms with E-state index in [1.807, 2.05) is 0 Å². The Morgan fingerprint density at radius 1 is 0.530 bits per heavy atom. The molecule has 0 unspecified atom stereocenters. The van der Waals surface area contributed by atoms with Gasteiger partial charge in [0.2, 0.25) is 0 Å². The highest BCUT2D eigenvalue weighted by molar-refractivity contribution is 5.89. The van der Waals surface area contributed by atoms with Crippen molar-refractivity contribution in [3.05, 3.63) is 134 Å². The topological polar surface area (TPSA) is 263 Å². The zero-order chi connectivity index (χ0) is 48.7. The van der Waals surface area contributed by atoms with Gasteiger partial charge in [-0.25, -0.2) is 42.9 Å². The summed E-state index contributed by atoms with van der Waals surface area (Å²) >= 11 is 0. The molecule has 0 radical (unpaired) electrons. The second-order valence-electron chi connectivity index (χ2n) is 14.2. The van der Waals surface area contributed by atoms with Crippen LogP contribution in [0.25, 0.3) is 11.4 Å². The molecule has 4 aromatic rings. The Kier molecular flexibility index (Phi) is 17.7. The average Bonchev–Trinajstić information content (AvgIpc) is 3.25. The molecule has 0 spiro atoms. The normalized spacial score (nSPS) is 10.8. The van der Waals surface area contributed by atoms with Crippen LogP contribution in [0.4, 0.5) is 37.1 Å². The van der Waals surface area contributed by atoms with Gasteiger partial charge < -0.3 is 32.8 Å². The summed E-state index contributed by atoms with van der Waals surface area (Å²) < 4.78 is 37.5. The largest absolute Gasteiger partial charge is 0.459 e. The number of aromatic nitrogens is 2. The maximum atomic E-state index is 14.6. The Morgan fingerprint density at radius 2 is 0.879 bits per heavy atom. The van der Waals surface area contributed by atoms with Crippen molar-refractivity contribution in [3.8, 4) is 11.4 Å². The third-order valence-electron chi connectivity index (χ3n) is 8.74. The van der Waals surface area contributed by atoms with E-state index in [2.05, 4.69) is 40.7 Å². The van der Waals surface area contributed by atoms with Gasteiger partial charge in [-0.3, -0.25) is 16.0 Å². The molecular formula is C45H48N6O15. The van der Waals surface area contributed by atoms with Crippen LogP contribution in [0.15, 0.2) is 110 Å². The lowest BCUT2D eigenvalue weighted by atomic mass is 10.1. The van der Waals surface area contributed by atoms with Crippen molar-refractivity contribution in [2.45, 2.75) is 41.5 Å². The molecule has 0 bridgehead atoms. The molecule has 0 aliphatic heterocycles. The highest BCUT2D eigenvalue weighted by atomic mass is 16.6. The number of hydrogen-bond donors (Lipinski definition) is 3. The smallest absolute Gasteiger partial charge is 0.430 e. The zero-order valence-corrected chi connectivity index (χ0v) is 37.0. The lowest BCUT2D eigenvalue weighted by Crippen LogP contribution is -2.45. The summed E-state index contributed by atoms with van der Waals surface area (Å²) in [6.07, 6.45) is -2.74. The molecule has 21 heteroatoms. The summed E-state index contributed by atoms with van der Waals surface area (Å²) in [6.45, 7) is 18.3. The van der Waals surface area contributed by atoms with E-state index in [0.717, 1.165) is 4.57 Å². The number of carbonyl (C=O) groups is 6. The van der Waals surface area contributed by atoms with Crippen LogP contribution in [0.1, 0.15) is 37.5 Å². The van der Waals surface area contributed by atoms with Gasteiger partial charge in [-0.1, -0.05) is 37.9 Å². The lowest BCUT2D eigenvalue weighted by molar-refractivity contribution is -0.140. The standard InChI is InChI=1S/C45H48N6O15/c1-25(2)37(52)60-16-19-63-41(55)47-34-22-31(13-10-28(34)7)46-40-50(32-14-11-29(8)35(23-32)48-42(56)64-20-17-61-38(53)26(3)4)44(58)51(45(59)66-40)33-15-12-30(9)36(24-33)49-43(57)65-21-18-62-39(54)27(5)6/h10-15,22-24H,1,3,5,16-21H2,2,4,6-9H3,(H,47,55)(H,48,56)(H,49,57). The van der Waals surface area contributed by atoms with E-state index >= 15 is 0 Å². The molecule has 3 aromatic carbocycles. The Hall–Kier alpha value is -8.49. The molecule has 21 nitrogen and oxygen atoms in total. The van der Waals surface area contributed by atoms with E-state index in [0.29, 0.717) is 21.3 Å². The Balaban J connectivity index is 1.75. The number of hydrogen-bond acceptors (Lipinski definition) is 16. The number of rotatable bonds is 18. The van der Waals surface area contributed by atoms with Gasteiger partial charge in [0.15, 0.2) is 0 Å². The molecule has 0 saturated heterocycles. The quantitative estimate of drug-likeness (QED) is 0.0465. The number of aryl methyl sites for hydroxylation is 3. The van der Waals surface area contributed by atoms with E-state index < -0.39 is 53.3 Å². The first kappa shape index (κ1) is 50.2. The van der Waals surface area contributed by atoms with Gasteiger partial charge in [0.25, 0.3) is 0 Å². The van der Waals surface area contributed by atoms with Gasteiger partial charge in [0, 0.05) is 33.8 Å². The van der Waals surface area contributed by atoms with Gasteiger partial charge in [-0.15, -0.1) is 0 Å². The third kappa shape index (κ3) is 14.3. The summed E-state index contributed by atoms with van der Waals surface area (Å²) in [7, 11) is 0. The average molecular weight is 913 g/mol. The number of ether oxygens (including phenoxy) is 6. The van der Waals surface area contributed by atoms with Crippen LogP contribution < -0.4 is 33.1 Å². The van der Waals surface area contributed by atoms with E-state index in [4.69, 9.17) is 32.8 Å². The van der Waals surface area contributed by atoms with Crippen LogP contribution in [0.5, 0.6) is 0 Å². The molecule has 1 heterocycles. The zero-order valence-electron chi connectivity index (χ0n) is 37.0. The molecule has 1 aromatic heterocycles. The third-order valence-corrected chi connectivity index (χ3v) is 8.74. The number of carbonyl (C=O) groups excluding carboxylic acids is 6. The maximum absolute atomic E-state index is 14.6. The van der Waals surface area contributed by atoms with E-state index in [9.17, 15) is 38.4 Å². The summed E-state index contributed by atoms with van der Waals surface area (Å²) in [5, 5.41) is 7.67. The van der Waals surface area contributed by atoms with E-state index in [-0.39, 0.29) is 90.5 Å². The van der Waals surface area contributed by atoms with E-state index in [1.165, 1.54) is 63.2 Å². The molecule has 3 N–H and O–H groups in total. The first-order chi connectivity index (χ1) is 31.2. The van der Waals surface area contributed by atoms with Crippen LogP contribution in [0, 0.1) is 20.8 Å². The predicted octanol–water partition coefficient (Wildman–Crippen LogP) is 5.74. The first-order valence-electron chi connectivity index (χ1n) is 19.8. The van der Waals surface area contributed by atoms with Crippen molar-refractivity contribution >= 4 is 58.9 Å². The van der Waals surface area contributed by atoms with Crippen LogP contribution in [-0.2, 0) is 42.8 Å². The van der Waals surface area contributed by atoms with Crippen LogP contribution in [-0.4, -0.2) is 85.0 Å². The molecule has 0 aliphatic rings. The number of esters is 3. The number of nitrogens with zero attached hydrogens (tertiary/aromatic N) is 3. The summed E-state index contributed by atoms with van der Waals surface area (Å²) in [5.74, 6) is -3.16. The van der Waals surface area contributed by atoms with Gasteiger partial charge in [0.05, 0.1) is 17.1 Å². The van der Waals surface area contributed by atoms with Crippen LogP contribution in [0.3, 0.4) is 0 Å². The fourth-order valence-corrected chi connectivity index (χ4v) is 5.24. The molecule has 0 aliphatic carbocycles. The summed E-state index contributed by atoms with van der Waals surface area (Å²) in [4.78, 5) is 106. The van der Waals surface area contributed by atoms with Gasteiger partial charge in [0.1, 0.15) is 39.6 Å². The summed E-state index contributed by atoms with van der Waals surface area (Å²) in [5.41, 5.74) is 1.16. The van der Waals surface area contributed by atoms with Gasteiger partial charge in [-0.2, -0.15) is 9.56 Å². The molecule has 3 amide bonds. The Labute approximate surface area is 376 Å². The number of nitrogens with one attached hydrogen (secondary N) is 3. The van der Waals surface area contributed by atoms with Crippen molar-refractivity contribution in [2.24, 2.45) is 4.99 Å². The lowest BCUT2D eigenvalue weighted by Gasteiger charge is -2.15. The molecule has 0 atom stereocenters. The maximum Gasteiger partial charge on any atom is 0.430 e. The molecule has 0 fully saturated rings. The van der Waals surface area contributed by atoms with Crippen LogP contribution >= 0.6 is 0 Å². The molecule has 348 valence electrons. The predicted molar refractivity (Wildman–Crippen MR) is 238 cm³/mol. The summed E-state index contributed by atoms with van der Waals surface area (Å²) in [6, 6.07) is 13.2. The van der Waals surface area contributed by atoms with Crippen molar-refractivity contribution in [1.29, 1.82) is 0 Å². The van der Waals surface area contributed by atoms with Gasteiger partial charge in [-0.05, 0) is 94.6 Å². The Morgan fingerprint density at radius 3 is 1.27 bits per heavy atom. The highest BCUT2D eigenvalue weighted by Crippen LogP contribution is 2.24. The highest BCUT2D eigenvalue weighted by Gasteiger charge is 2.19. The fraction of sp³-hybridized carbons (Fsp3) is 0.267. The van der Waals surface area contributed by atoms with Gasteiger partial charge >= 0.3 is 53.3 Å². The number of benzene rings is 3. The SMILES string of the molecule is C=C(C)C(=O)OCCOC(=O)Nc1cc(N=c2oc(=O)n(-c3ccc(C)c(NC(=O)OCCOC(=O)C(=C)C)c3)c(=O)n2-c2ccc(C)c(NC(=O)OCCOC(=O)C(=C)C)c2)ccc1C. The van der Waals surface area contributed by atoms with Crippen molar-refractivity contribution in [1.82, 2.24) is 9.13 Å². The van der Waals surface area contributed by atoms with Crippen LogP contribution in [0.2, 0.25) is 0 Å². The number of amides is 3. The second kappa shape index (κ2) is 23.3. The molecular weight excluding hydrogens is 865 g/mol. The minimum Gasteiger partial charge on any atom is -0.459 e. The Bertz CT molecular complexity index is 2780. The molecule has 4 rings (SSSR count). The second-order valence-corrected chi connectivity index (χ2v) is 14.2. The number of anilines is 3. The first-order valence-corrected chi connectivity index (χ1v) is 19.8. The minimum atomic E-state index is -1.20. The molecule has 66 heavy (non-hydrogen) atoms. The minimum absolute atomic E-state index is 0.0373.